The maximum atomic E-state index is 4.24. The molecular weight excluding hydrogens is 180 g/mol. The standard InChI is InChI=1S/C7H12N2S.ClH/c1-5(2)6-7(8-3)10-4-9-6;/h4-5,8H,1-3H3;1H. The molecule has 1 N–H and O–H groups in total. The summed E-state index contributed by atoms with van der Waals surface area (Å²) in [6.07, 6.45) is 0. The average molecular weight is 193 g/mol. The minimum Gasteiger partial charge on any atom is -0.378 e. The van der Waals surface area contributed by atoms with E-state index in [1.54, 1.807) is 11.3 Å². The highest BCUT2D eigenvalue weighted by atomic mass is 35.5. The molecule has 1 rings (SSSR count). The molecule has 4 heteroatoms. The minimum atomic E-state index is 0. The van der Waals surface area contributed by atoms with Gasteiger partial charge in [-0.1, -0.05) is 13.8 Å². The summed E-state index contributed by atoms with van der Waals surface area (Å²) in [4.78, 5) is 4.24. The van der Waals surface area contributed by atoms with E-state index in [0.29, 0.717) is 5.92 Å². The fourth-order valence-electron chi connectivity index (χ4n) is 0.853. The third-order valence-electron chi connectivity index (χ3n) is 1.37. The number of aromatic nitrogens is 1. The first kappa shape index (κ1) is 10.7. The summed E-state index contributed by atoms with van der Waals surface area (Å²) in [6.45, 7) is 4.30. The van der Waals surface area contributed by atoms with Crippen molar-refractivity contribution in [1.82, 2.24) is 4.98 Å². The molecule has 0 aromatic carbocycles. The summed E-state index contributed by atoms with van der Waals surface area (Å²) in [5.41, 5.74) is 3.05. The molecule has 1 aromatic rings. The van der Waals surface area contributed by atoms with E-state index in [-0.39, 0.29) is 12.4 Å². The Morgan fingerprint density at radius 2 is 2.18 bits per heavy atom. The molecule has 0 unspecified atom stereocenters. The molecule has 0 radical (unpaired) electrons. The van der Waals surface area contributed by atoms with Gasteiger partial charge in [0.15, 0.2) is 0 Å². The molecule has 0 spiro atoms. The Kier molecular flexibility index (Phi) is 4.45. The molecule has 64 valence electrons. The number of nitrogens with zero attached hydrogens (tertiary/aromatic N) is 1. The Labute approximate surface area is 77.5 Å². The van der Waals surface area contributed by atoms with E-state index in [2.05, 4.69) is 24.1 Å². The van der Waals surface area contributed by atoms with Crippen LogP contribution in [0.25, 0.3) is 0 Å². The second-order valence-corrected chi connectivity index (χ2v) is 3.33. The van der Waals surface area contributed by atoms with Gasteiger partial charge in [-0.2, -0.15) is 0 Å². The molecule has 0 aliphatic rings. The summed E-state index contributed by atoms with van der Waals surface area (Å²) in [5, 5.41) is 4.30. The molecule has 0 aliphatic carbocycles. The van der Waals surface area contributed by atoms with E-state index in [0.717, 1.165) is 0 Å². The van der Waals surface area contributed by atoms with Crippen molar-refractivity contribution in [2.75, 3.05) is 12.4 Å². The van der Waals surface area contributed by atoms with Gasteiger partial charge >= 0.3 is 0 Å². The van der Waals surface area contributed by atoms with Crippen LogP contribution in [0.15, 0.2) is 5.51 Å². The number of hydrogen-bond donors (Lipinski definition) is 1. The minimum absolute atomic E-state index is 0. The van der Waals surface area contributed by atoms with E-state index in [4.69, 9.17) is 0 Å². The lowest BCUT2D eigenvalue weighted by atomic mass is 10.1. The molecule has 1 heterocycles. The monoisotopic (exact) mass is 192 g/mol. The van der Waals surface area contributed by atoms with E-state index in [9.17, 15) is 0 Å². The molecular formula is C7H13ClN2S. The summed E-state index contributed by atoms with van der Waals surface area (Å²) in [7, 11) is 1.93. The van der Waals surface area contributed by atoms with Crippen LogP contribution in [0, 0.1) is 0 Å². The topological polar surface area (TPSA) is 24.9 Å². The van der Waals surface area contributed by atoms with Crippen molar-refractivity contribution in [2.45, 2.75) is 19.8 Å². The molecule has 11 heavy (non-hydrogen) atoms. The van der Waals surface area contributed by atoms with E-state index in [1.165, 1.54) is 10.7 Å². The van der Waals surface area contributed by atoms with Gasteiger partial charge in [-0.15, -0.1) is 23.7 Å². The van der Waals surface area contributed by atoms with E-state index < -0.39 is 0 Å². The van der Waals surface area contributed by atoms with Crippen LogP contribution in [0.1, 0.15) is 25.5 Å². The summed E-state index contributed by atoms with van der Waals surface area (Å²) in [5.74, 6) is 0.522. The van der Waals surface area contributed by atoms with Crippen LogP contribution < -0.4 is 5.32 Å². The number of thiazole rings is 1. The van der Waals surface area contributed by atoms with Crippen LogP contribution in [-0.2, 0) is 0 Å². The highest BCUT2D eigenvalue weighted by Gasteiger charge is 2.06. The molecule has 2 nitrogen and oxygen atoms in total. The quantitative estimate of drug-likeness (QED) is 0.780. The number of hydrogen-bond acceptors (Lipinski definition) is 3. The Bertz CT molecular complexity index is 210. The van der Waals surface area contributed by atoms with Gasteiger partial charge < -0.3 is 5.32 Å². The fraction of sp³-hybridized carbons (Fsp3) is 0.571. The molecule has 1 aromatic heterocycles. The maximum absolute atomic E-state index is 4.24. The third-order valence-corrected chi connectivity index (χ3v) is 2.23. The number of anilines is 1. The Hall–Kier alpha value is -0.280. The van der Waals surface area contributed by atoms with Crippen molar-refractivity contribution < 1.29 is 0 Å². The molecule has 0 atom stereocenters. The van der Waals surface area contributed by atoms with Crippen LogP contribution in [0.2, 0.25) is 0 Å². The van der Waals surface area contributed by atoms with Gasteiger partial charge in [-0.25, -0.2) is 4.98 Å². The zero-order valence-corrected chi connectivity index (χ0v) is 8.55. The van der Waals surface area contributed by atoms with Crippen molar-refractivity contribution in [3.8, 4) is 0 Å². The van der Waals surface area contributed by atoms with Crippen LogP contribution in [0.4, 0.5) is 5.00 Å². The van der Waals surface area contributed by atoms with Crippen LogP contribution in [0.3, 0.4) is 0 Å². The van der Waals surface area contributed by atoms with Gasteiger partial charge in [-0.3, -0.25) is 0 Å². The highest BCUT2D eigenvalue weighted by Crippen LogP contribution is 2.25. The predicted molar refractivity (Wildman–Crippen MR) is 53.0 cm³/mol. The van der Waals surface area contributed by atoms with Gasteiger partial charge in [0.2, 0.25) is 0 Å². The average Bonchev–Trinajstić information content (AvgIpc) is 2.33. The van der Waals surface area contributed by atoms with Crippen LogP contribution >= 0.6 is 23.7 Å². The second kappa shape index (κ2) is 4.57. The van der Waals surface area contributed by atoms with Crippen molar-refractivity contribution in [2.24, 2.45) is 0 Å². The van der Waals surface area contributed by atoms with Crippen molar-refractivity contribution >= 4 is 28.7 Å². The van der Waals surface area contributed by atoms with Crippen molar-refractivity contribution in [1.29, 1.82) is 0 Å². The third kappa shape index (κ3) is 2.34. The Morgan fingerprint density at radius 3 is 2.55 bits per heavy atom. The molecule has 0 saturated carbocycles. The van der Waals surface area contributed by atoms with Crippen molar-refractivity contribution in [3.05, 3.63) is 11.2 Å². The summed E-state index contributed by atoms with van der Waals surface area (Å²) < 4.78 is 0. The van der Waals surface area contributed by atoms with E-state index in [1.807, 2.05) is 12.6 Å². The predicted octanol–water partition coefficient (Wildman–Crippen LogP) is 2.73. The summed E-state index contributed by atoms with van der Waals surface area (Å²) >= 11 is 1.66. The number of rotatable bonds is 2. The van der Waals surface area contributed by atoms with Crippen LogP contribution in [0.5, 0.6) is 0 Å². The highest BCUT2D eigenvalue weighted by molar-refractivity contribution is 7.14. The van der Waals surface area contributed by atoms with Gasteiger partial charge in [0.25, 0.3) is 0 Å². The van der Waals surface area contributed by atoms with Gasteiger partial charge in [0.1, 0.15) is 5.00 Å². The van der Waals surface area contributed by atoms with Gasteiger partial charge in [0, 0.05) is 7.05 Å². The lowest BCUT2D eigenvalue weighted by molar-refractivity contribution is 0.835. The summed E-state index contributed by atoms with van der Waals surface area (Å²) in [6, 6.07) is 0. The lowest BCUT2D eigenvalue weighted by Crippen LogP contribution is -1.93. The zero-order chi connectivity index (χ0) is 7.56. The molecule has 0 bridgehead atoms. The number of nitrogens with one attached hydrogen (secondary N) is 1. The number of halogens is 1. The van der Waals surface area contributed by atoms with Crippen LogP contribution in [-0.4, -0.2) is 12.0 Å². The van der Waals surface area contributed by atoms with E-state index >= 15 is 0 Å². The smallest absolute Gasteiger partial charge is 0.112 e. The second-order valence-electron chi connectivity index (χ2n) is 2.47. The molecule has 0 saturated heterocycles. The lowest BCUT2D eigenvalue weighted by Gasteiger charge is -2.02. The fourth-order valence-corrected chi connectivity index (χ4v) is 1.65. The Balaban J connectivity index is 0.000001000. The molecule has 0 fully saturated rings. The van der Waals surface area contributed by atoms with Crippen molar-refractivity contribution in [3.63, 3.8) is 0 Å². The maximum Gasteiger partial charge on any atom is 0.112 e. The SMILES string of the molecule is CNc1scnc1C(C)C.Cl. The molecule has 0 amide bonds. The van der Waals surface area contributed by atoms with Gasteiger partial charge in [0.05, 0.1) is 11.2 Å². The first-order chi connectivity index (χ1) is 4.75. The molecule has 0 aliphatic heterocycles. The first-order valence-corrected chi connectivity index (χ1v) is 4.24. The largest absolute Gasteiger partial charge is 0.378 e. The van der Waals surface area contributed by atoms with Gasteiger partial charge in [-0.05, 0) is 5.92 Å². The first-order valence-electron chi connectivity index (χ1n) is 3.37. The Morgan fingerprint density at radius 1 is 1.55 bits per heavy atom. The zero-order valence-electron chi connectivity index (χ0n) is 6.92. The normalized spacial score (nSPS) is 9.45.